The highest BCUT2D eigenvalue weighted by atomic mass is 16.6. The van der Waals surface area contributed by atoms with E-state index >= 15 is 0 Å². The van der Waals surface area contributed by atoms with Gasteiger partial charge < -0.3 is 26.0 Å². The van der Waals surface area contributed by atoms with E-state index in [1.165, 1.54) is 6.07 Å². The molecule has 1 rings (SSSR count). The molecule has 0 fully saturated rings. The van der Waals surface area contributed by atoms with Gasteiger partial charge in [0.2, 0.25) is 0 Å². The third-order valence-corrected chi connectivity index (χ3v) is 2.16. The average molecular weight is 272 g/mol. The predicted molar refractivity (Wildman–Crippen MR) is 68.2 cm³/mol. The van der Waals surface area contributed by atoms with Gasteiger partial charge in [0.1, 0.15) is 23.6 Å². The van der Waals surface area contributed by atoms with Crippen molar-refractivity contribution in [3.05, 3.63) is 11.8 Å². The Morgan fingerprint density at radius 1 is 1.58 bits per heavy atom. The number of nitrogens with one attached hydrogen (secondary N) is 2. The van der Waals surface area contributed by atoms with Crippen molar-refractivity contribution >= 4 is 11.9 Å². The van der Waals surface area contributed by atoms with Crippen molar-refractivity contribution < 1.29 is 19.7 Å². The Balaban J connectivity index is 2.43. The van der Waals surface area contributed by atoms with Crippen LogP contribution in [-0.2, 0) is 4.74 Å². The largest absolute Gasteiger partial charge is 0.444 e. The van der Waals surface area contributed by atoms with E-state index in [2.05, 4.69) is 15.5 Å². The number of aliphatic hydroxyl groups is 2. The second-order valence-electron chi connectivity index (χ2n) is 5.14. The first kappa shape index (κ1) is 15.3. The summed E-state index contributed by atoms with van der Waals surface area (Å²) in [5, 5.41) is 28.0. The van der Waals surface area contributed by atoms with Crippen molar-refractivity contribution in [2.24, 2.45) is 0 Å². The zero-order valence-electron chi connectivity index (χ0n) is 11.2. The fourth-order valence-electron chi connectivity index (χ4n) is 1.33. The number of rotatable bonds is 4. The average Bonchev–Trinajstić information content (AvgIpc) is 2.69. The van der Waals surface area contributed by atoms with Gasteiger partial charge in [-0.1, -0.05) is 0 Å². The van der Waals surface area contributed by atoms with Crippen LogP contribution in [0, 0.1) is 0 Å². The molecule has 0 aliphatic heterocycles. The van der Waals surface area contributed by atoms with Gasteiger partial charge in [0.05, 0.1) is 5.69 Å². The summed E-state index contributed by atoms with van der Waals surface area (Å²) >= 11 is 0. The molecule has 2 unspecified atom stereocenters. The Labute approximate surface area is 111 Å². The quantitative estimate of drug-likeness (QED) is 0.520. The van der Waals surface area contributed by atoms with E-state index in [-0.39, 0.29) is 18.1 Å². The molecule has 0 aliphatic carbocycles. The molecule has 1 heterocycles. The van der Waals surface area contributed by atoms with Gasteiger partial charge in [-0.15, -0.1) is 0 Å². The lowest BCUT2D eigenvalue weighted by molar-refractivity contribution is 0.0108. The standard InChI is InChI=1S/C11H20N4O4/c1-11(2,3)19-10(18)13-5-7(16)9(17)6-4-8(12)15-14-6/h4,7,9,16-17H,5H2,1-3H3,(H,13,18)(H3,12,14,15). The molecule has 1 amide bonds. The number of amides is 1. The van der Waals surface area contributed by atoms with Gasteiger partial charge in [-0.3, -0.25) is 5.10 Å². The van der Waals surface area contributed by atoms with E-state index in [0.717, 1.165) is 0 Å². The van der Waals surface area contributed by atoms with Crippen molar-refractivity contribution in [1.29, 1.82) is 0 Å². The second kappa shape index (κ2) is 5.89. The highest BCUT2D eigenvalue weighted by Gasteiger charge is 2.22. The molecule has 1 aromatic rings. The number of aliphatic hydroxyl groups excluding tert-OH is 2. The molecule has 8 nitrogen and oxygen atoms in total. The maximum Gasteiger partial charge on any atom is 0.407 e. The number of H-pyrrole nitrogens is 1. The van der Waals surface area contributed by atoms with Crippen molar-refractivity contribution in [1.82, 2.24) is 15.5 Å². The van der Waals surface area contributed by atoms with Crippen LogP contribution in [0.15, 0.2) is 6.07 Å². The molecule has 0 saturated carbocycles. The topological polar surface area (TPSA) is 133 Å². The number of nitrogen functional groups attached to an aromatic ring is 1. The number of aromatic nitrogens is 2. The predicted octanol–water partition coefficient (Wildman–Crippen LogP) is -0.0891. The first-order valence-corrected chi connectivity index (χ1v) is 5.83. The number of nitrogens with two attached hydrogens (primary N) is 1. The van der Waals surface area contributed by atoms with Crippen LogP contribution in [0.3, 0.4) is 0 Å². The monoisotopic (exact) mass is 272 g/mol. The molecule has 0 bridgehead atoms. The molecule has 1 aromatic heterocycles. The number of hydrogen-bond acceptors (Lipinski definition) is 6. The van der Waals surface area contributed by atoms with E-state index in [1.54, 1.807) is 20.8 Å². The lowest BCUT2D eigenvalue weighted by Crippen LogP contribution is -2.38. The summed E-state index contributed by atoms with van der Waals surface area (Å²) in [6.07, 6.45) is -3.09. The van der Waals surface area contributed by atoms with Gasteiger partial charge in [-0.05, 0) is 20.8 Å². The zero-order valence-corrected chi connectivity index (χ0v) is 11.2. The second-order valence-corrected chi connectivity index (χ2v) is 5.14. The number of carbonyl (C=O) groups excluding carboxylic acids is 1. The lowest BCUT2D eigenvalue weighted by Gasteiger charge is -2.21. The van der Waals surface area contributed by atoms with Crippen LogP contribution in [0.25, 0.3) is 0 Å². The molecule has 108 valence electrons. The van der Waals surface area contributed by atoms with Crippen LogP contribution in [0.2, 0.25) is 0 Å². The number of hydrogen-bond donors (Lipinski definition) is 5. The number of alkyl carbamates (subject to hydrolysis) is 1. The maximum atomic E-state index is 11.4. The van der Waals surface area contributed by atoms with E-state index in [1.807, 2.05) is 0 Å². The zero-order chi connectivity index (χ0) is 14.6. The summed E-state index contributed by atoms with van der Waals surface area (Å²) in [5.74, 6) is 0.210. The normalized spacial score (nSPS) is 14.8. The van der Waals surface area contributed by atoms with Crippen LogP contribution in [0.5, 0.6) is 0 Å². The van der Waals surface area contributed by atoms with Crippen LogP contribution < -0.4 is 11.1 Å². The first-order chi connectivity index (χ1) is 8.69. The molecule has 6 N–H and O–H groups in total. The maximum absolute atomic E-state index is 11.4. The summed E-state index contributed by atoms with van der Waals surface area (Å²) < 4.78 is 4.99. The molecule has 0 saturated heterocycles. The summed E-state index contributed by atoms with van der Waals surface area (Å²) in [7, 11) is 0. The number of anilines is 1. The summed E-state index contributed by atoms with van der Waals surface area (Å²) in [5.41, 5.74) is 5.04. The Kier molecular flexibility index (Phi) is 4.73. The highest BCUT2D eigenvalue weighted by molar-refractivity contribution is 5.67. The van der Waals surface area contributed by atoms with Gasteiger partial charge in [-0.25, -0.2) is 4.79 Å². The van der Waals surface area contributed by atoms with Crippen LogP contribution in [0.4, 0.5) is 10.6 Å². The SMILES string of the molecule is CC(C)(C)OC(=O)NCC(O)C(O)c1cc(N)n[nH]1. The summed E-state index contributed by atoms with van der Waals surface area (Å²) in [6, 6.07) is 1.40. The van der Waals surface area contributed by atoms with Crippen LogP contribution in [0.1, 0.15) is 32.6 Å². The van der Waals surface area contributed by atoms with E-state index < -0.39 is 23.9 Å². The van der Waals surface area contributed by atoms with Gasteiger partial charge in [0.15, 0.2) is 0 Å². The Hall–Kier alpha value is -1.80. The highest BCUT2D eigenvalue weighted by Crippen LogP contribution is 2.15. The van der Waals surface area contributed by atoms with Gasteiger partial charge in [0, 0.05) is 12.6 Å². The van der Waals surface area contributed by atoms with Gasteiger partial charge >= 0.3 is 6.09 Å². The number of ether oxygens (including phenoxy) is 1. The molecule has 0 aromatic carbocycles. The molecular weight excluding hydrogens is 252 g/mol. The number of nitrogens with zero attached hydrogens (tertiary/aromatic N) is 1. The van der Waals surface area contributed by atoms with Crippen molar-refractivity contribution in [3.8, 4) is 0 Å². The van der Waals surface area contributed by atoms with Gasteiger partial charge in [-0.2, -0.15) is 5.10 Å². The number of aromatic amines is 1. The molecular formula is C11H20N4O4. The first-order valence-electron chi connectivity index (χ1n) is 5.83. The molecule has 0 aliphatic rings. The Morgan fingerprint density at radius 3 is 2.68 bits per heavy atom. The molecule has 0 radical (unpaired) electrons. The Morgan fingerprint density at radius 2 is 2.21 bits per heavy atom. The molecule has 8 heteroatoms. The Bertz CT molecular complexity index is 427. The third kappa shape index (κ3) is 5.14. The minimum absolute atomic E-state index is 0.158. The fourth-order valence-corrected chi connectivity index (χ4v) is 1.33. The third-order valence-electron chi connectivity index (χ3n) is 2.16. The molecule has 0 spiro atoms. The van der Waals surface area contributed by atoms with E-state index in [4.69, 9.17) is 10.5 Å². The summed E-state index contributed by atoms with van der Waals surface area (Å²) in [4.78, 5) is 11.4. The summed E-state index contributed by atoms with van der Waals surface area (Å²) in [6.45, 7) is 5.02. The van der Waals surface area contributed by atoms with Crippen molar-refractivity contribution in [3.63, 3.8) is 0 Å². The minimum Gasteiger partial charge on any atom is -0.444 e. The van der Waals surface area contributed by atoms with Gasteiger partial charge in [0.25, 0.3) is 0 Å². The van der Waals surface area contributed by atoms with Crippen molar-refractivity contribution in [2.75, 3.05) is 12.3 Å². The van der Waals surface area contributed by atoms with Crippen molar-refractivity contribution in [2.45, 2.75) is 38.6 Å². The van der Waals surface area contributed by atoms with E-state index in [0.29, 0.717) is 0 Å². The van der Waals surface area contributed by atoms with E-state index in [9.17, 15) is 15.0 Å². The smallest absolute Gasteiger partial charge is 0.407 e. The minimum atomic E-state index is -1.22. The molecule has 19 heavy (non-hydrogen) atoms. The fraction of sp³-hybridized carbons (Fsp3) is 0.636. The molecule has 2 atom stereocenters. The van der Waals surface area contributed by atoms with Crippen LogP contribution >= 0.6 is 0 Å². The van der Waals surface area contributed by atoms with Crippen LogP contribution in [-0.4, -0.2) is 44.8 Å². The number of carbonyl (C=O) groups is 1. The lowest BCUT2D eigenvalue weighted by atomic mass is 10.1.